The first-order chi connectivity index (χ1) is 14.3. The number of aromatic nitrogens is 3. The van der Waals surface area contributed by atoms with E-state index in [1.165, 1.54) is 17.6 Å². The van der Waals surface area contributed by atoms with E-state index in [9.17, 15) is 4.79 Å². The van der Waals surface area contributed by atoms with E-state index in [4.69, 9.17) is 19.2 Å². The van der Waals surface area contributed by atoms with Gasteiger partial charge in [-0.05, 0) is 25.5 Å². The average molecular weight is 451 g/mol. The van der Waals surface area contributed by atoms with Gasteiger partial charge in [-0.25, -0.2) is 9.97 Å². The predicted octanol–water partition coefficient (Wildman–Crippen LogP) is 3.62. The number of carbonyl (C=O) groups is 1. The number of thiazole rings is 1. The summed E-state index contributed by atoms with van der Waals surface area (Å²) in [6.45, 7) is 4.52. The van der Waals surface area contributed by atoms with Crippen LogP contribution < -0.4 is 9.64 Å². The number of aryl methyl sites for hydroxylation is 1. The highest BCUT2D eigenvalue weighted by molar-refractivity contribution is 7.22. The van der Waals surface area contributed by atoms with E-state index in [0.29, 0.717) is 31.5 Å². The van der Waals surface area contributed by atoms with Crippen LogP contribution in [-0.4, -0.2) is 46.8 Å². The summed E-state index contributed by atoms with van der Waals surface area (Å²) in [6.07, 6.45) is 7.53. The largest absolute Gasteiger partial charge is 0.494 e. The third kappa shape index (κ3) is 4.85. The lowest BCUT2D eigenvalue weighted by molar-refractivity contribution is -0.119. The van der Waals surface area contributed by atoms with Crippen molar-refractivity contribution in [3.63, 3.8) is 0 Å². The van der Waals surface area contributed by atoms with Crippen molar-refractivity contribution in [1.82, 2.24) is 14.5 Å². The summed E-state index contributed by atoms with van der Waals surface area (Å²) in [5.74, 6) is 0.658. The zero-order chi connectivity index (χ0) is 20.1. The molecule has 0 atom stereocenters. The van der Waals surface area contributed by atoms with Crippen LogP contribution in [0.5, 0.6) is 5.75 Å². The summed E-state index contributed by atoms with van der Waals surface area (Å²) >= 11 is 1.46. The first kappa shape index (κ1) is 21.9. The van der Waals surface area contributed by atoms with Gasteiger partial charge in [0.05, 0.1) is 17.6 Å². The number of fused-ring (bicyclic) bond motifs is 1. The average Bonchev–Trinajstić information content (AvgIpc) is 3.42. The minimum absolute atomic E-state index is 0. The van der Waals surface area contributed by atoms with Crippen molar-refractivity contribution in [2.24, 2.45) is 0 Å². The molecule has 0 N–H and O–H groups in total. The highest BCUT2D eigenvalue weighted by atomic mass is 35.5. The van der Waals surface area contributed by atoms with Crippen LogP contribution in [0.3, 0.4) is 0 Å². The fourth-order valence-electron chi connectivity index (χ4n) is 3.03. The fraction of sp³-hybridized carbons (Fsp3) is 0.350. The molecule has 3 aromatic rings. The molecule has 0 radical (unpaired) electrons. The highest BCUT2D eigenvalue weighted by Gasteiger charge is 2.26. The van der Waals surface area contributed by atoms with Crippen LogP contribution in [0, 0.1) is 0 Å². The first-order valence-corrected chi connectivity index (χ1v) is 10.3. The third-order valence-electron chi connectivity index (χ3n) is 4.36. The van der Waals surface area contributed by atoms with E-state index in [0.717, 1.165) is 28.9 Å². The number of halogens is 1. The second kappa shape index (κ2) is 10.3. The standard InChI is InChI=1S/C20H22N4O4S.ClH/c1-2-27-15-5-3-6-17-18(15)22-20(29-17)24(9-4-8-23-10-7-21-14-23)19(25)16-13-26-11-12-28-16;/h3,5-7,10,13-14H,2,4,8-9,11-12H2,1H3;1H. The molecule has 0 bridgehead atoms. The summed E-state index contributed by atoms with van der Waals surface area (Å²) in [7, 11) is 0. The molecule has 4 rings (SSSR count). The van der Waals surface area contributed by atoms with E-state index in [1.54, 1.807) is 17.4 Å². The molecule has 0 fully saturated rings. The number of para-hydroxylation sites is 1. The van der Waals surface area contributed by atoms with E-state index >= 15 is 0 Å². The predicted molar refractivity (Wildman–Crippen MR) is 117 cm³/mol. The van der Waals surface area contributed by atoms with Crippen molar-refractivity contribution in [3.05, 3.63) is 48.9 Å². The summed E-state index contributed by atoms with van der Waals surface area (Å²) < 4.78 is 19.4. The molecule has 3 heterocycles. The molecule has 1 amide bonds. The molecule has 1 aliphatic heterocycles. The number of rotatable bonds is 8. The van der Waals surface area contributed by atoms with Gasteiger partial charge in [-0.1, -0.05) is 17.4 Å². The number of carbonyl (C=O) groups excluding carboxylic acids is 1. The van der Waals surface area contributed by atoms with Gasteiger partial charge in [0, 0.05) is 25.5 Å². The molecular weight excluding hydrogens is 428 g/mol. The molecule has 0 aliphatic carbocycles. The Morgan fingerprint density at radius 3 is 3.00 bits per heavy atom. The number of benzene rings is 1. The lowest BCUT2D eigenvalue weighted by Crippen LogP contribution is -2.35. The van der Waals surface area contributed by atoms with E-state index in [-0.39, 0.29) is 24.1 Å². The van der Waals surface area contributed by atoms with Crippen molar-refractivity contribution >= 4 is 45.0 Å². The molecule has 0 saturated carbocycles. The molecule has 0 saturated heterocycles. The van der Waals surface area contributed by atoms with Crippen molar-refractivity contribution in [2.75, 3.05) is 31.3 Å². The van der Waals surface area contributed by atoms with Crippen LogP contribution >= 0.6 is 23.7 Å². The lowest BCUT2D eigenvalue weighted by atomic mass is 10.3. The van der Waals surface area contributed by atoms with Crippen LogP contribution in [-0.2, 0) is 20.8 Å². The second-order valence-corrected chi connectivity index (χ2v) is 7.35. The number of imidazole rings is 1. The molecule has 0 spiro atoms. The first-order valence-electron chi connectivity index (χ1n) is 9.51. The Morgan fingerprint density at radius 1 is 1.37 bits per heavy atom. The molecule has 160 valence electrons. The minimum atomic E-state index is -0.257. The molecule has 1 aliphatic rings. The summed E-state index contributed by atoms with van der Waals surface area (Å²) in [6, 6.07) is 5.80. The van der Waals surface area contributed by atoms with E-state index < -0.39 is 0 Å². The molecule has 30 heavy (non-hydrogen) atoms. The van der Waals surface area contributed by atoms with Gasteiger partial charge in [0.1, 0.15) is 30.7 Å². The number of hydrogen-bond donors (Lipinski definition) is 0. The number of amides is 1. The fourth-order valence-corrected chi connectivity index (χ4v) is 4.03. The van der Waals surface area contributed by atoms with Gasteiger partial charge in [-0.2, -0.15) is 0 Å². The van der Waals surface area contributed by atoms with Crippen LogP contribution in [0.15, 0.2) is 48.9 Å². The maximum absolute atomic E-state index is 13.1. The van der Waals surface area contributed by atoms with Crippen molar-refractivity contribution in [1.29, 1.82) is 0 Å². The minimum Gasteiger partial charge on any atom is -0.494 e. The van der Waals surface area contributed by atoms with Gasteiger partial charge in [0.15, 0.2) is 5.13 Å². The number of anilines is 1. The summed E-state index contributed by atoms with van der Waals surface area (Å²) in [5.41, 5.74) is 0.761. The third-order valence-corrected chi connectivity index (χ3v) is 5.41. The molecule has 2 aromatic heterocycles. The Kier molecular flexibility index (Phi) is 7.53. The van der Waals surface area contributed by atoms with Gasteiger partial charge in [0.2, 0.25) is 5.76 Å². The molecule has 1 aromatic carbocycles. The van der Waals surface area contributed by atoms with Crippen LogP contribution in [0.1, 0.15) is 13.3 Å². The molecule has 8 nitrogen and oxygen atoms in total. The van der Waals surface area contributed by atoms with Gasteiger partial charge in [-0.15, -0.1) is 12.4 Å². The Bertz CT molecular complexity index is 1010. The van der Waals surface area contributed by atoms with Crippen LogP contribution in [0.4, 0.5) is 5.13 Å². The number of ether oxygens (including phenoxy) is 3. The van der Waals surface area contributed by atoms with Crippen molar-refractivity contribution in [2.45, 2.75) is 19.9 Å². The van der Waals surface area contributed by atoms with Crippen LogP contribution in [0.2, 0.25) is 0 Å². The zero-order valence-electron chi connectivity index (χ0n) is 16.5. The molecule has 10 heteroatoms. The topological polar surface area (TPSA) is 78.7 Å². The van der Waals surface area contributed by atoms with Gasteiger partial charge in [0.25, 0.3) is 5.91 Å². The Morgan fingerprint density at radius 2 is 2.27 bits per heavy atom. The number of hydrogen-bond acceptors (Lipinski definition) is 7. The lowest BCUT2D eigenvalue weighted by Gasteiger charge is -2.23. The summed E-state index contributed by atoms with van der Waals surface area (Å²) in [4.78, 5) is 23.6. The monoisotopic (exact) mass is 450 g/mol. The van der Waals surface area contributed by atoms with Crippen molar-refractivity contribution < 1.29 is 19.0 Å². The Balaban J connectivity index is 0.00000256. The van der Waals surface area contributed by atoms with E-state index in [2.05, 4.69) is 4.98 Å². The normalized spacial score (nSPS) is 13.0. The van der Waals surface area contributed by atoms with Gasteiger partial charge in [-0.3, -0.25) is 9.69 Å². The van der Waals surface area contributed by atoms with Gasteiger partial charge < -0.3 is 18.8 Å². The highest BCUT2D eigenvalue weighted by Crippen LogP contribution is 2.35. The zero-order valence-corrected chi connectivity index (χ0v) is 18.2. The quantitative estimate of drug-likeness (QED) is 0.521. The van der Waals surface area contributed by atoms with Crippen molar-refractivity contribution in [3.8, 4) is 5.75 Å². The second-order valence-electron chi connectivity index (χ2n) is 6.34. The number of nitrogens with zero attached hydrogens (tertiary/aromatic N) is 4. The molecular formula is C20H23ClN4O4S. The SMILES string of the molecule is CCOc1cccc2sc(N(CCCn3ccnc3)C(=O)C3=COCCO3)nc12.Cl. The maximum Gasteiger partial charge on any atom is 0.298 e. The van der Waals surface area contributed by atoms with Crippen LogP contribution in [0.25, 0.3) is 10.2 Å². The smallest absolute Gasteiger partial charge is 0.298 e. The van der Waals surface area contributed by atoms with E-state index in [1.807, 2.05) is 35.9 Å². The Labute approximate surface area is 184 Å². The summed E-state index contributed by atoms with van der Waals surface area (Å²) in [5, 5.41) is 0.609. The maximum atomic E-state index is 13.1. The van der Waals surface area contributed by atoms with Gasteiger partial charge >= 0.3 is 0 Å². The Hall–Kier alpha value is -2.78. The molecule has 0 unspecified atom stereocenters.